The van der Waals surface area contributed by atoms with Crippen LogP contribution in [0, 0.1) is 6.92 Å². The van der Waals surface area contributed by atoms with Crippen molar-refractivity contribution in [2.24, 2.45) is 0 Å². The molecule has 9 heavy (non-hydrogen) atoms. The highest BCUT2D eigenvalue weighted by atomic mass is 32.1. The smallest absolute Gasteiger partial charge is 0.193 e. The summed E-state index contributed by atoms with van der Waals surface area (Å²) in [5.41, 5.74) is 0.00887. The highest BCUT2D eigenvalue weighted by molar-refractivity contribution is 7.80. The highest BCUT2D eigenvalue weighted by Gasteiger charge is 1.94. The van der Waals surface area contributed by atoms with Crippen LogP contribution in [-0.4, -0.2) is 0 Å². The summed E-state index contributed by atoms with van der Waals surface area (Å²) in [5, 5.41) is 1.78. The molecule has 0 bridgehead atoms. The largest absolute Gasteiger partial charge is 0.289 e. The third-order valence-corrected chi connectivity index (χ3v) is 2.57. The van der Waals surface area contributed by atoms with Crippen LogP contribution in [-0.2, 0) is 0 Å². The van der Waals surface area contributed by atoms with Gasteiger partial charge in [-0.2, -0.15) is 0 Å². The number of thiol groups is 1. The van der Waals surface area contributed by atoms with Gasteiger partial charge in [-0.15, -0.1) is 24.0 Å². The predicted octanol–water partition coefficient (Wildman–Crippen LogP) is 1.71. The molecule has 0 saturated carbocycles. The molecule has 0 aliphatic rings. The number of rotatable bonds is 0. The minimum absolute atomic E-state index is 0.00887. The van der Waals surface area contributed by atoms with Gasteiger partial charge in [0.25, 0.3) is 0 Å². The van der Waals surface area contributed by atoms with Crippen LogP contribution in [0.3, 0.4) is 0 Å². The normalized spacial score (nSPS) is 9.56. The van der Waals surface area contributed by atoms with Gasteiger partial charge in [-0.1, -0.05) is 0 Å². The van der Waals surface area contributed by atoms with E-state index in [0.717, 1.165) is 4.88 Å². The Hall–Kier alpha value is -0.280. The summed E-state index contributed by atoms with van der Waals surface area (Å²) in [5.74, 6) is 0. The Bertz CT molecular complexity index is 264. The van der Waals surface area contributed by atoms with E-state index >= 15 is 0 Å². The van der Waals surface area contributed by atoms with Gasteiger partial charge in [0.1, 0.15) is 0 Å². The van der Waals surface area contributed by atoms with Crippen LogP contribution in [0.25, 0.3) is 0 Å². The minimum Gasteiger partial charge on any atom is -0.289 e. The number of hydrogen-bond acceptors (Lipinski definition) is 3. The summed E-state index contributed by atoms with van der Waals surface area (Å²) >= 11 is 5.54. The first-order chi connectivity index (χ1) is 4.22. The molecule has 0 radical (unpaired) electrons. The van der Waals surface area contributed by atoms with E-state index in [2.05, 4.69) is 12.6 Å². The van der Waals surface area contributed by atoms with Crippen molar-refractivity contribution in [2.45, 2.75) is 11.8 Å². The Labute approximate surface area is 62.8 Å². The molecule has 1 aromatic rings. The quantitative estimate of drug-likeness (QED) is 0.569. The van der Waals surface area contributed by atoms with Crippen LogP contribution in [0.2, 0.25) is 0 Å². The molecule has 1 rings (SSSR count). The van der Waals surface area contributed by atoms with Crippen LogP contribution in [0.1, 0.15) is 4.88 Å². The van der Waals surface area contributed by atoms with E-state index in [1.807, 2.05) is 6.92 Å². The van der Waals surface area contributed by atoms with E-state index in [4.69, 9.17) is 0 Å². The third-order valence-electron chi connectivity index (χ3n) is 1.03. The Balaban J connectivity index is 3.43. The summed E-state index contributed by atoms with van der Waals surface area (Å²) in [7, 11) is 0. The first kappa shape index (κ1) is 6.83. The van der Waals surface area contributed by atoms with Gasteiger partial charge in [-0.05, 0) is 18.4 Å². The summed E-state index contributed by atoms with van der Waals surface area (Å²) in [6, 6.07) is 1.53. The number of hydrogen-bond donors (Lipinski definition) is 1. The van der Waals surface area contributed by atoms with Gasteiger partial charge in [0, 0.05) is 4.88 Å². The minimum atomic E-state index is 0.00887. The lowest BCUT2D eigenvalue weighted by atomic mass is 10.4. The molecule has 0 N–H and O–H groups in total. The predicted molar refractivity (Wildman–Crippen MR) is 42.6 cm³/mol. The fourth-order valence-electron chi connectivity index (χ4n) is 0.506. The summed E-state index contributed by atoms with van der Waals surface area (Å²) in [6.07, 6.45) is 0. The van der Waals surface area contributed by atoms with Crippen molar-refractivity contribution in [3.8, 4) is 0 Å². The van der Waals surface area contributed by atoms with Gasteiger partial charge < -0.3 is 0 Å². The fourth-order valence-corrected chi connectivity index (χ4v) is 1.35. The molecule has 0 atom stereocenters. The molecule has 0 unspecified atom stereocenters. The molecule has 0 amide bonds. The van der Waals surface area contributed by atoms with Crippen LogP contribution in [0.5, 0.6) is 0 Å². The van der Waals surface area contributed by atoms with Gasteiger partial charge >= 0.3 is 0 Å². The van der Waals surface area contributed by atoms with Gasteiger partial charge in [0.2, 0.25) is 0 Å². The summed E-state index contributed by atoms with van der Waals surface area (Å²) < 4.78 is 0. The van der Waals surface area contributed by atoms with E-state index < -0.39 is 0 Å². The molecule has 1 nitrogen and oxygen atoms in total. The number of aryl methyl sites for hydroxylation is 1. The lowest BCUT2D eigenvalue weighted by Gasteiger charge is -1.90. The van der Waals surface area contributed by atoms with Crippen molar-refractivity contribution < 1.29 is 0 Å². The van der Waals surface area contributed by atoms with E-state index in [0.29, 0.717) is 4.90 Å². The van der Waals surface area contributed by atoms with Crippen molar-refractivity contribution in [3.63, 3.8) is 0 Å². The Kier molecular flexibility index (Phi) is 1.93. The van der Waals surface area contributed by atoms with Crippen molar-refractivity contribution in [3.05, 3.63) is 26.5 Å². The van der Waals surface area contributed by atoms with Crippen LogP contribution in [0.4, 0.5) is 0 Å². The second kappa shape index (κ2) is 2.54. The van der Waals surface area contributed by atoms with Gasteiger partial charge in [0.15, 0.2) is 5.43 Å². The molecule has 0 aliphatic heterocycles. The monoisotopic (exact) mass is 158 g/mol. The maximum Gasteiger partial charge on any atom is 0.193 e. The first-order valence-corrected chi connectivity index (χ1v) is 3.82. The standard InChI is InChI=1S/C6H6OS2/c1-4-6(8)5(7)2-3-9-4/h2-3,8H,1H3. The van der Waals surface area contributed by atoms with E-state index in [1.165, 1.54) is 17.4 Å². The van der Waals surface area contributed by atoms with Crippen LogP contribution < -0.4 is 5.43 Å². The lowest BCUT2D eigenvalue weighted by molar-refractivity contribution is 1.33. The molecule has 0 aliphatic carbocycles. The Morgan fingerprint density at radius 2 is 2.33 bits per heavy atom. The van der Waals surface area contributed by atoms with Crippen LogP contribution in [0.15, 0.2) is 21.1 Å². The summed E-state index contributed by atoms with van der Waals surface area (Å²) in [4.78, 5) is 12.3. The maximum atomic E-state index is 10.8. The van der Waals surface area contributed by atoms with E-state index in [9.17, 15) is 4.79 Å². The molecular formula is C6H6OS2. The third kappa shape index (κ3) is 1.34. The average Bonchev–Trinajstić information content (AvgIpc) is 1.83. The molecule has 0 fully saturated rings. The molecule has 0 saturated heterocycles. The molecular weight excluding hydrogens is 152 g/mol. The van der Waals surface area contributed by atoms with E-state index in [1.54, 1.807) is 5.38 Å². The maximum absolute atomic E-state index is 10.8. The van der Waals surface area contributed by atoms with Crippen molar-refractivity contribution in [1.29, 1.82) is 0 Å². The molecule has 48 valence electrons. The van der Waals surface area contributed by atoms with Crippen molar-refractivity contribution >= 4 is 24.0 Å². The van der Waals surface area contributed by atoms with Gasteiger partial charge in [0.05, 0.1) is 4.90 Å². The molecule has 1 aromatic heterocycles. The van der Waals surface area contributed by atoms with Gasteiger partial charge in [-0.25, -0.2) is 0 Å². The zero-order chi connectivity index (χ0) is 6.85. The molecule has 0 aromatic carbocycles. The highest BCUT2D eigenvalue weighted by Crippen LogP contribution is 2.10. The summed E-state index contributed by atoms with van der Waals surface area (Å²) in [6.45, 7) is 1.88. The molecule has 3 heteroatoms. The van der Waals surface area contributed by atoms with Gasteiger partial charge in [-0.3, -0.25) is 4.79 Å². The van der Waals surface area contributed by atoms with Crippen LogP contribution >= 0.6 is 24.0 Å². The Morgan fingerprint density at radius 3 is 2.78 bits per heavy atom. The molecule has 1 heterocycles. The zero-order valence-electron chi connectivity index (χ0n) is 4.92. The fraction of sp³-hybridized carbons (Fsp3) is 0.167. The second-order valence-electron chi connectivity index (χ2n) is 1.69. The second-order valence-corrected chi connectivity index (χ2v) is 3.26. The topological polar surface area (TPSA) is 17.1 Å². The lowest BCUT2D eigenvalue weighted by Crippen LogP contribution is -1.98. The van der Waals surface area contributed by atoms with Crippen molar-refractivity contribution in [2.75, 3.05) is 0 Å². The first-order valence-electron chi connectivity index (χ1n) is 2.49. The van der Waals surface area contributed by atoms with Crippen molar-refractivity contribution in [1.82, 2.24) is 0 Å². The SMILES string of the molecule is Cc1sccc(=O)c1S. The molecule has 0 spiro atoms. The van der Waals surface area contributed by atoms with E-state index in [-0.39, 0.29) is 5.43 Å². The average molecular weight is 158 g/mol. The Morgan fingerprint density at radius 1 is 1.67 bits per heavy atom. The zero-order valence-corrected chi connectivity index (χ0v) is 6.63.